The molecule has 2 heterocycles. The monoisotopic (exact) mass is 294 g/mol. The molecule has 21 heavy (non-hydrogen) atoms. The highest BCUT2D eigenvalue weighted by atomic mass is 16.2. The first-order chi connectivity index (χ1) is 9.99. The van der Waals surface area contributed by atoms with Gasteiger partial charge in [-0.1, -0.05) is 6.92 Å². The van der Waals surface area contributed by atoms with Crippen LogP contribution in [0.25, 0.3) is 0 Å². The van der Waals surface area contributed by atoms with Gasteiger partial charge in [-0.05, 0) is 25.4 Å². The molecule has 1 atom stereocenters. The van der Waals surface area contributed by atoms with E-state index in [0.717, 1.165) is 26.1 Å². The molecule has 7 heteroatoms. The molecule has 1 aliphatic heterocycles. The molecule has 0 spiro atoms. The van der Waals surface area contributed by atoms with E-state index in [4.69, 9.17) is 0 Å². The van der Waals surface area contributed by atoms with E-state index in [0.29, 0.717) is 12.5 Å². The normalized spacial score (nSPS) is 18.9. The number of nitrogens with one attached hydrogen (secondary N) is 2. The maximum absolute atomic E-state index is 12.2. The Morgan fingerprint density at radius 1 is 1.43 bits per heavy atom. The topological polar surface area (TPSA) is 89.3 Å². The predicted molar refractivity (Wildman–Crippen MR) is 79.2 cm³/mol. The second-order valence-electron chi connectivity index (χ2n) is 5.61. The first-order valence-electron chi connectivity index (χ1n) is 7.26. The zero-order chi connectivity index (χ0) is 15.4. The number of rotatable bonds is 5. The summed E-state index contributed by atoms with van der Waals surface area (Å²) in [7, 11) is 1.75. The number of carbonyl (C=O) groups is 1. The minimum absolute atomic E-state index is 0.0417. The van der Waals surface area contributed by atoms with E-state index in [-0.39, 0.29) is 17.9 Å². The highest BCUT2D eigenvalue weighted by Gasteiger charge is 2.24. The van der Waals surface area contributed by atoms with Crippen LogP contribution in [0.1, 0.15) is 18.9 Å². The lowest BCUT2D eigenvalue weighted by Gasteiger charge is -2.21. The van der Waals surface area contributed by atoms with Crippen LogP contribution < -0.4 is 11.1 Å². The quantitative estimate of drug-likeness (QED) is 0.759. The number of hydrogen-bond donors (Lipinski definition) is 2. The third-order valence-electron chi connectivity index (χ3n) is 4.01. The molecule has 1 aromatic rings. The molecule has 1 amide bonds. The van der Waals surface area contributed by atoms with Gasteiger partial charge in [-0.3, -0.25) is 24.6 Å². The summed E-state index contributed by atoms with van der Waals surface area (Å²) < 4.78 is 0. The molecule has 0 bridgehead atoms. The van der Waals surface area contributed by atoms with Gasteiger partial charge in [0.25, 0.3) is 11.1 Å². The third-order valence-corrected chi connectivity index (χ3v) is 4.01. The van der Waals surface area contributed by atoms with Crippen LogP contribution >= 0.6 is 0 Å². The van der Waals surface area contributed by atoms with Crippen LogP contribution in [0.15, 0.2) is 15.7 Å². The minimum Gasteiger partial charge on any atom is -0.345 e. The summed E-state index contributed by atoms with van der Waals surface area (Å²) in [5, 5.41) is 4.42. The fraction of sp³-hybridized carbons (Fsp3) is 0.643. The van der Waals surface area contributed by atoms with Crippen molar-refractivity contribution in [1.82, 2.24) is 20.0 Å². The van der Waals surface area contributed by atoms with Gasteiger partial charge >= 0.3 is 0 Å². The number of aromatic nitrogens is 2. The van der Waals surface area contributed by atoms with E-state index in [1.165, 1.54) is 6.07 Å². The predicted octanol–water partition coefficient (Wildman–Crippen LogP) is -0.594. The largest absolute Gasteiger partial charge is 0.345 e. The first kappa shape index (κ1) is 15.5. The van der Waals surface area contributed by atoms with Crippen LogP contribution in [0.3, 0.4) is 0 Å². The van der Waals surface area contributed by atoms with Crippen LogP contribution in [0, 0.1) is 5.92 Å². The maximum Gasteiger partial charge on any atom is 0.266 e. The van der Waals surface area contributed by atoms with Gasteiger partial charge in [-0.15, -0.1) is 0 Å². The Hall–Kier alpha value is -1.89. The average Bonchev–Trinajstić information content (AvgIpc) is 2.90. The van der Waals surface area contributed by atoms with Crippen molar-refractivity contribution < 1.29 is 4.79 Å². The van der Waals surface area contributed by atoms with E-state index in [1.807, 2.05) is 0 Å². The van der Waals surface area contributed by atoms with Crippen molar-refractivity contribution in [1.29, 1.82) is 0 Å². The Morgan fingerprint density at radius 2 is 2.19 bits per heavy atom. The fourth-order valence-corrected chi connectivity index (χ4v) is 2.73. The van der Waals surface area contributed by atoms with Crippen LogP contribution in [0.5, 0.6) is 0 Å². The molecule has 0 aromatic carbocycles. The molecule has 2 rings (SSSR count). The Bertz CT molecular complexity index is 607. The highest BCUT2D eigenvalue weighted by molar-refractivity contribution is 5.78. The Labute approximate surface area is 122 Å². The van der Waals surface area contributed by atoms with E-state index in [2.05, 4.69) is 22.0 Å². The molecule has 1 fully saturated rings. The van der Waals surface area contributed by atoms with Gasteiger partial charge in [-0.2, -0.15) is 0 Å². The molecule has 2 N–H and O–H groups in total. The van der Waals surface area contributed by atoms with Crippen LogP contribution in [0.2, 0.25) is 0 Å². The average molecular weight is 294 g/mol. The lowest BCUT2D eigenvalue weighted by atomic mass is 10.1. The van der Waals surface area contributed by atoms with E-state index >= 15 is 0 Å². The van der Waals surface area contributed by atoms with Crippen molar-refractivity contribution in [2.45, 2.75) is 19.8 Å². The summed E-state index contributed by atoms with van der Waals surface area (Å²) in [6.45, 7) is 5.96. The Balaban J connectivity index is 1.92. The summed E-state index contributed by atoms with van der Waals surface area (Å²) in [6.07, 6.45) is 1.05. The molecule has 1 aliphatic rings. The summed E-state index contributed by atoms with van der Waals surface area (Å²) in [6, 6.07) is 1.18. The van der Waals surface area contributed by atoms with Gasteiger partial charge in [0, 0.05) is 31.8 Å². The summed E-state index contributed by atoms with van der Waals surface area (Å²) in [5.74, 6) is 0.345. The zero-order valence-electron chi connectivity index (χ0n) is 12.5. The maximum atomic E-state index is 12.2. The fourth-order valence-electron chi connectivity index (χ4n) is 2.73. The second-order valence-corrected chi connectivity index (χ2v) is 5.61. The van der Waals surface area contributed by atoms with Gasteiger partial charge in [0.1, 0.15) is 0 Å². The summed E-state index contributed by atoms with van der Waals surface area (Å²) in [5.41, 5.74) is -0.624. The van der Waals surface area contributed by atoms with Crippen molar-refractivity contribution in [3.05, 3.63) is 32.3 Å². The zero-order valence-corrected chi connectivity index (χ0v) is 12.5. The molecule has 7 nitrogen and oxygen atoms in total. The number of carbonyl (C=O) groups excluding carboxylic acids is 1. The van der Waals surface area contributed by atoms with Gasteiger partial charge in [-0.25, -0.2) is 0 Å². The molecule has 0 radical (unpaired) electrons. The number of likely N-dealkylation sites (tertiary alicyclic amines) is 1. The van der Waals surface area contributed by atoms with Crippen molar-refractivity contribution in [2.75, 3.05) is 33.2 Å². The van der Waals surface area contributed by atoms with E-state index in [1.54, 1.807) is 11.9 Å². The lowest BCUT2D eigenvalue weighted by Crippen LogP contribution is -2.35. The van der Waals surface area contributed by atoms with Crippen molar-refractivity contribution in [3.8, 4) is 0 Å². The Kier molecular flexibility index (Phi) is 4.95. The number of H-pyrrole nitrogens is 2. The molecular formula is C14H22N4O3. The smallest absolute Gasteiger partial charge is 0.266 e. The Morgan fingerprint density at radius 3 is 2.86 bits per heavy atom. The molecule has 1 saturated heterocycles. The number of hydrogen-bond acceptors (Lipinski definition) is 4. The van der Waals surface area contributed by atoms with E-state index < -0.39 is 11.1 Å². The third kappa shape index (κ3) is 4.04. The van der Waals surface area contributed by atoms with Gasteiger partial charge in [0.2, 0.25) is 5.91 Å². The lowest BCUT2D eigenvalue weighted by molar-refractivity contribution is -0.129. The molecule has 1 aromatic heterocycles. The number of amides is 1. The number of aromatic amines is 2. The van der Waals surface area contributed by atoms with E-state index in [9.17, 15) is 14.4 Å². The second kappa shape index (κ2) is 6.71. The van der Waals surface area contributed by atoms with Crippen molar-refractivity contribution in [3.63, 3.8) is 0 Å². The van der Waals surface area contributed by atoms with Crippen LogP contribution in [-0.2, 0) is 11.2 Å². The summed E-state index contributed by atoms with van der Waals surface area (Å²) >= 11 is 0. The number of likely N-dealkylation sites (N-methyl/N-ethyl adjacent to an activating group) is 1. The molecule has 0 saturated carbocycles. The molecule has 1 unspecified atom stereocenters. The molecular weight excluding hydrogens is 272 g/mol. The molecule has 0 aliphatic carbocycles. The van der Waals surface area contributed by atoms with Crippen molar-refractivity contribution >= 4 is 5.91 Å². The highest BCUT2D eigenvalue weighted by Crippen LogP contribution is 2.16. The summed E-state index contributed by atoms with van der Waals surface area (Å²) in [4.78, 5) is 38.9. The van der Waals surface area contributed by atoms with Gasteiger partial charge in [0.05, 0.1) is 6.42 Å². The minimum atomic E-state index is -0.422. The SMILES string of the molecule is CCN1CCC(CN(C)C(=O)Cc2cc(=O)[nH][nH]c2=O)C1. The van der Waals surface area contributed by atoms with Crippen LogP contribution in [-0.4, -0.2) is 59.1 Å². The van der Waals surface area contributed by atoms with Gasteiger partial charge in [0.15, 0.2) is 0 Å². The molecule has 116 valence electrons. The number of nitrogens with zero attached hydrogens (tertiary/aromatic N) is 2. The standard InChI is InChI=1S/C14H22N4O3/c1-3-18-5-4-10(9-18)8-17(2)13(20)7-11-6-12(19)15-16-14(11)21/h6,10H,3-5,7-9H2,1-2H3,(H,15,19)(H,16,21). The van der Waals surface area contributed by atoms with Crippen molar-refractivity contribution in [2.24, 2.45) is 5.92 Å². The van der Waals surface area contributed by atoms with Crippen LogP contribution in [0.4, 0.5) is 0 Å². The van der Waals surface area contributed by atoms with Gasteiger partial charge < -0.3 is 9.80 Å². The first-order valence-corrected chi connectivity index (χ1v) is 7.26.